The first kappa shape index (κ1) is 5.03. The van der Waals surface area contributed by atoms with E-state index in [4.69, 9.17) is 0 Å². The van der Waals surface area contributed by atoms with E-state index in [0.717, 1.165) is 0 Å². The van der Waals surface area contributed by atoms with E-state index in [1.54, 1.807) is 12.3 Å². The molecule has 0 aromatic carbocycles. The molecule has 1 heterocycles. The van der Waals surface area contributed by atoms with Crippen molar-refractivity contribution in [3.05, 3.63) is 12.2 Å². The molecule has 1 amide bonds. The van der Waals surface area contributed by atoms with Gasteiger partial charge in [0.05, 0.1) is 0 Å². The van der Waals surface area contributed by atoms with Crippen molar-refractivity contribution < 1.29 is 4.79 Å². The summed E-state index contributed by atoms with van der Waals surface area (Å²) in [5, 5.41) is 2.52. The summed E-state index contributed by atoms with van der Waals surface area (Å²) >= 11 is 0. The Morgan fingerprint density at radius 1 is 1.75 bits per heavy atom. The zero-order valence-electron chi connectivity index (χ0n) is 4.29. The molecular weight excluding hydrogens is 104 g/mol. The van der Waals surface area contributed by atoms with Gasteiger partial charge in [-0.3, -0.25) is 9.79 Å². The molecule has 0 aromatic heterocycles. The molecule has 3 nitrogen and oxygen atoms in total. The van der Waals surface area contributed by atoms with Gasteiger partial charge in [-0.1, -0.05) is 0 Å². The highest BCUT2D eigenvalue weighted by molar-refractivity contribution is 5.92. The highest BCUT2D eigenvalue weighted by Gasteiger charge is 1.91. The lowest BCUT2D eigenvalue weighted by Gasteiger charge is -1.89. The number of aliphatic imine (C=N–C) groups is 1. The highest BCUT2D eigenvalue weighted by atomic mass is 16.1. The lowest BCUT2D eigenvalue weighted by molar-refractivity contribution is -0.116. The fourth-order valence-corrected chi connectivity index (χ4v) is 0.426. The first-order chi connectivity index (χ1) is 3.89. The summed E-state index contributed by atoms with van der Waals surface area (Å²) in [4.78, 5) is 14.2. The van der Waals surface area contributed by atoms with Gasteiger partial charge in [-0.05, 0) is 6.08 Å². The molecule has 42 valence electrons. The van der Waals surface area contributed by atoms with Crippen LogP contribution >= 0.6 is 0 Å². The van der Waals surface area contributed by atoms with Crippen LogP contribution in [0.5, 0.6) is 0 Å². The minimum atomic E-state index is -0.0810. The zero-order valence-corrected chi connectivity index (χ0v) is 4.29. The Morgan fingerprint density at radius 2 is 2.62 bits per heavy atom. The Bertz CT molecular complexity index is 149. The third-order valence-corrected chi connectivity index (χ3v) is 0.784. The number of nitrogens with one attached hydrogen (secondary N) is 1. The molecule has 1 N–H and O–H groups in total. The number of carbonyl (C=O) groups is 1. The van der Waals surface area contributed by atoms with E-state index in [2.05, 4.69) is 10.3 Å². The molecule has 0 radical (unpaired) electrons. The molecule has 1 aliphatic heterocycles. The van der Waals surface area contributed by atoms with E-state index in [-0.39, 0.29) is 5.91 Å². The van der Waals surface area contributed by atoms with Gasteiger partial charge >= 0.3 is 0 Å². The van der Waals surface area contributed by atoms with Crippen LogP contribution < -0.4 is 5.32 Å². The fourth-order valence-electron chi connectivity index (χ4n) is 0.426. The number of allylic oxidation sites excluding steroid dienone is 1. The summed E-state index contributed by atoms with van der Waals surface area (Å²) in [6.45, 7) is 0.395. The SMILES string of the molecule is O=C1C=CC=NCN1. The first-order valence-corrected chi connectivity index (χ1v) is 2.34. The summed E-state index contributed by atoms with van der Waals surface area (Å²) in [6, 6.07) is 0. The van der Waals surface area contributed by atoms with Crippen molar-refractivity contribution in [2.45, 2.75) is 0 Å². The van der Waals surface area contributed by atoms with Crippen molar-refractivity contribution in [1.82, 2.24) is 5.32 Å². The van der Waals surface area contributed by atoms with Crippen molar-refractivity contribution in [3.63, 3.8) is 0 Å². The second-order valence-corrected chi connectivity index (χ2v) is 1.39. The molecule has 1 aliphatic rings. The maximum atomic E-state index is 10.4. The normalized spacial score (nSPS) is 17.8. The molecule has 0 atom stereocenters. The maximum absolute atomic E-state index is 10.4. The lowest BCUT2D eigenvalue weighted by Crippen LogP contribution is -2.19. The average molecular weight is 110 g/mol. The summed E-state index contributed by atoms with van der Waals surface area (Å²) < 4.78 is 0. The molecule has 0 aliphatic carbocycles. The van der Waals surface area contributed by atoms with Gasteiger partial charge in [0.1, 0.15) is 6.67 Å². The zero-order chi connectivity index (χ0) is 5.82. The van der Waals surface area contributed by atoms with Crippen molar-refractivity contribution in [2.24, 2.45) is 4.99 Å². The van der Waals surface area contributed by atoms with Crippen LogP contribution in [0.3, 0.4) is 0 Å². The van der Waals surface area contributed by atoms with Crippen molar-refractivity contribution >= 4 is 12.1 Å². The Labute approximate surface area is 47.1 Å². The number of carbonyl (C=O) groups excluding carboxylic acids is 1. The minimum absolute atomic E-state index is 0.0810. The van der Waals surface area contributed by atoms with Crippen LogP contribution in [0.25, 0.3) is 0 Å². The van der Waals surface area contributed by atoms with Crippen LogP contribution in [-0.4, -0.2) is 18.8 Å². The number of hydrogen-bond acceptors (Lipinski definition) is 2. The van der Waals surface area contributed by atoms with E-state index >= 15 is 0 Å². The average Bonchev–Trinajstić information content (AvgIpc) is 1.94. The van der Waals surface area contributed by atoms with Crippen LogP contribution in [0.2, 0.25) is 0 Å². The number of amides is 1. The van der Waals surface area contributed by atoms with Crippen LogP contribution in [-0.2, 0) is 4.79 Å². The lowest BCUT2D eigenvalue weighted by atomic mass is 10.5. The Morgan fingerprint density at radius 3 is 3.50 bits per heavy atom. The molecule has 0 saturated heterocycles. The van der Waals surface area contributed by atoms with Gasteiger partial charge in [-0.2, -0.15) is 0 Å². The smallest absolute Gasteiger partial charge is 0.245 e. The third kappa shape index (κ3) is 1.18. The second kappa shape index (κ2) is 2.26. The molecule has 1 rings (SSSR count). The van der Waals surface area contributed by atoms with Gasteiger partial charge in [0.2, 0.25) is 5.91 Å². The van der Waals surface area contributed by atoms with Crippen molar-refractivity contribution in [2.75, 3.05) is 6.67 Å². The van der Waals surface area contributed by atoms with Gasteiger partial charge in [0.15, 0.2) is 0 Å². The van der Waals surface area contributed by atoms with Crippen LogP contribution in [0.1, 0.15) is 0 Å². The van der Waals surface area contributed by atoms with E-state index < -0.39 is 0 Å². The largest absolute Gasteiger partial charge is 0.333 e. The standard InChI is InChI=1S/C5H6N2O/c8-5-2-1-3-6-4-7-5/h1-3H,4H2,(H,7,8). The van der Waals surface area contributed by atoms with Gasteiger partial charge in [-0.15, -0.1) is 0 Å². The topological polar surface area (TPSA) is 41.5 Å². The Hall–Kier alpha value is -1.12. The molecule has 3 heteroatoms. The van der Waals surface area contributed by atoms with Gasteiger partial charge in [0, 0.05) is 12.3 Å². The number of rotatable bonds is 0. The summed E-state index contributed by atoms with van der Waals surface area (Å²) in [5.41, 5.74) is 0. The minimum Gasteiger partial charge on any atom is -0.333 e. The van der Waals surface area contributed by atoms with E-state index in [1.807, 2.05) is 0 Å². The molecule has 0 spiro atoms. The van der Waals surface area contributed by atoms with Gasteiger partial charge in [-0.25, -0.2) is 0 Å². The van der Waals surface area contributed by atoms with Crippen LogP contribution in [0.15, 0.2) is 17.1 Å². The van der Waals surface area contributed by atoms with Gasteiger partial charge in [0.25, 0.3) is 0 Å². The Kier molecular flexibility index (Phi) is 1.42. The molecule has 0 saturated carbocycles. The summed E-state index contributed by atoms with van der Waals surface area (Å²) in [7, 11) is 0. The first-order valence-electron chi connectivity index (χ1n) is 2.34. The number of nitrogens with zero attached hydrogens (tertiary/aromatic N) is 1. The van der Waals surface area contributed by atoms with E-state index in [0.29, 0.717) is 6.67 Å². The summed E-state index contributed by atoms with van der Waals surface area (Å²) in [5.74, 6) is -0.0810. The molecule has 0 bridgehead atoms. The second-order valence-electron chi connectivity index (χ2n) is 1.39. The van der Waals surface area contributed by atoms with Crippen LogP contribution in [0, 0.1) is 0 Å². The summed E-state index contributed by atoms with van der Waals surface area (Å²) in [6.07, 6.45) is 4.65. The van der Waals surface area contributed by atoms with Crippen LogP contribution in [0.4, 0.5) is 0 Å². The highest BCUT2D eigenvalue weighted by Crippen LogP contribution is 1.76. The van der Waals surface area contributed by atoms with Gasteiger partial charge < -0.3 is 5.32 Å². The third-order valence-electron chi connectivity index (χ3n) is 0.784. The van der Waals surface area contributed by atoms with Crippen molar-refractivity contribution in [3.8, 4) is 0 Å². The predicted molar refractivity (Wildman–Crippen MR) is 30.6 cm³/mol. The molecule has 0 aromatic rings. The molecule has 0 fully saturated rings. The Balaban J connectivity index is 2.58. The molecule has 0 unspecified atom stereocenters. The fraction of sp³-hybridized carbons (Fsp3) is 0.200. The molecule has 8 heavy (non-hydrogen) atoms. The quantitative estimate of drug-likeness (QED) is 0.457. The van der Waals surface area contributed by atoms with E-state index in [1.165, 1.54) is 6.08 Å². The van der Waals surface area contributed by atoms with E-state index in [9.17, 15) is 4.79 Å². The monoisotopic (exact) mass is 110 g/mol. The predicted octanol–water partition coefficient (Wildman–Crippen LogP) is -0.299. The molecular formula is C5H6N2O. The maximum Gasteiger partial charge on any atom is 0.245 e. The van der Waals surface area contributed by atoms with Crippen molar-refractivity contribution in [1.29, 1.82) is 0 Å². The number of hydrogen-bond donors (Lipinski definition) is 1.